The topological polar surface area (TPSA) is 140 Å². The largest absolute Gasteiger partial charge is 0.495 e. The number of fused-ring (bicyclic) bond motifs is 1. The molecule has 3 atom stereocenters. The van der Waals surface area contributed by atoms with E-state index in [0.717, 1.165) is 0 Å². The van der Waals surface area contributed by atoms with E-state index in [0.29, 0.717) is 43.9 Å². The number of nitrogens with one attached hydrogen (secondary N) is 2. The summed E-state index contributed by atoms with van der Waals surface area (Å²) < 4.78 is 18.0. The van der Waals surface area contributed by atoms with E-state index in [2.05, 4.69) is 38.9 Å². The van der Waals surface area contributed by atoms with E-state index in [-0.39, 0.29) is 75.1 Å². The number of hydrogen-bond acceptors (Lipinski definition) is 10. The van der Waals surface area contributed by atoms with Crippen molar-refractivity contribution in [2.24, 2.45) is 0 Å². The van der Waals surface area contributed by atoms with Gasteiger partial charge in [0.15, 0.2) is 0 Å². The molecule has 2 aliphatic heterocycles. The van der Waals surface area contributed by atoms with Crippen LogP contribution in [0.15, 0.2) is 35.8 Å². The Hall–Kier alpha value is -4.35. The summed E-state index contributed by atoms with van der Waals surface area (Å²) in [5.41, 5.74) is 0.345. The molecule has 47 heavy (non-hydrogen) atoms. The Morgan fingerprint density at radius 3 is 2.51 bits per heavy atom. The summed E-state index contributed by atoms with van der Waals surface area (Å²) in [6, 6.07) is 2.24. The Morgan fingerprint density at radius 1 is 1.15 bits per heavy atom. The molecular formula is C32H35Cl2N7O6. The first-order valence-corrected chi connectivity index (χ1v) is 15.6. The van der Waals surface area contributed by atoms with Crippen molar-refractivity contribution in [3.63, 3.8) is 0 Å². The number of hydrogen-bond donors (Lipinski definition) is 2. The Labute approximate surface area is 281 Å². The molecule has 2 amide bonds. The van der Waals surface area contributed by atoms with Gasteiger partial charge in [-0.15, -0.1) is 0 Å². The van der Waals surface area contributed by atoms with Gasteiger partial charge < -0.3 is 29.7 Å². The molecule has 0 saturated carbocycles. The van der Waals surface area contributed by atoms with Crippen molar-refractivity contribution < 1.29 is 23.8 Å². The van der Waals surface area contributed by atoms with E-state index in [1.165, 1.54) is 20.3 Å². The number of anilines is 1. The normalized spacial score (nSPS) is 19.5. The van der Waals surface area contributed by atoms with Crippen LogP contribution in [-0.4, -0.2) is 108 Å². The summed E-state index contributed by atoms with van der Waals surface area (Å²) in [6.07, 6.45) is 2.79. The molecule has 0 spiro atoms. The first-order valence-electron chi connectivity index (χ1n) is 14.8. The molecule has 5 rings (SSSR count). The van der Waals surface area contributed by atoms with Crippen molar-refractivity contribution in [2.75, 3.05) is 59.4 Å². The van der Waals surface area contributed by atoms with Crippen LogP contribution in [0, 0.1) is 11.8 Å². The number of amides is 2. The molecule has 2 saturated heterocycles. The summed E-state index contributed by atoms with van der Waals surface area (Å²) in [7, 11) is 4.85. The lowest BCUT2D eigenvalue weighted by Crippen LogP contribution is -2.55. The second-order valence-corrected chi connectivity index (χ2v) is 11.9. The molecule has 2 N–H and O–H groups in total. The van der Waals surface area contributed by atoms with Gasteiger partial charge in [-0.05, 0) is 32.0 Å². The summed E-state index contributed by atoms with van der Waals surface area (Å²) in [6.45, 7) is 7.33. The molecule has 0 radical (unpaired) electrons. The number of methoxy groups -OCH3 is 2. The standard InChI is InChI=1S/C32H35Cl2N7O6/c1-6-8-26(43)40-10-9-39(3)19(14-40)15-41-30-18(13-35-32(38-30)37-22-17-47-16-21(22)36-25(42)7-2)11-20(31(41)44)27-28(33)23(45-4)12-24(46-5)29(27)34/h7,11-13,19,21-22H,2,9-10,14-17H2,1,3-5H3,(H,36,42)(H,35,37,38)/t19?,21-,22+/m0/s1. The zero-order valence-electron chi connectivity index (χ0n) is 26.4. The van der Waals surface area contributed by atoms with Crippen LogP contribution in [0.2, 0.25) is 10.0 Å². The highest BCUT2D eigenvalue weighted by Gasteiger charge is 2.32. The maximum Gasteiger partial charge on any atom is 0.298 e. The molecule has 13 nitrogen and oxygen atoms in total. The van der Waals surface area contributed by atoms with Gasteiger partial charge in [0.2, 0.25) is 11.9 Å². The van der Waals surface area contributed by atoms with Gasteiger partial charge in [-0.25, -0.2) is 4.98 Å². The van der Waals surface area contributed by atoms with E-state index < -0.39 is 5.56 Å². The SMILES string of the molecule is C=CC(=O)N[C@H]1COC[C@H]1Nc1ncc2cc(-c3c(Cl)c(OC)cc(OC)c3Cl)c(=O)n(CC3CN(C(=O)C#CC)CCN3C)c2n1. The molecule has 0 bridgehead atoms. The fourth-order valence-electron chi connectivity index (χ4n) is 5.67. The second-order valence-electron chi connectivity index (χ2n) is 11.1. The number of carbonyl (C=O) groups is 2. The first-order chi connectivity index (χ1) is 22.6. The van der Waals surface area contributed by atoms with Crippen LogP contribution in [0.1, 0.15) is 6.92 Å². The lowest BCUT2D eigenvalue weighted by molar-refractivity contribution is -0.127. The Morgan fingerprint density at radius 2 is 1.85 bits per heavy atom. The van der Waals surface area contributed by atoms with Crippen molar-refractivity contribution in [3.8, 4) is 34.5 Å². The average molecular weight is 685 g/mol. The predicted molar refractivity (Wildman–Crippen MR) is 179 cm³/mol. The monoisotopic (exact) mass is 683 g/mol. The minimum Gasteiger partial charge on any atom is -0.495 e. The maximum atomic E-state index is 14.5. The number of piperazine rings is 1. The van der Waals surface area contributed by atoms with Gasteiger partial charge in [-0.1, -0.05) is 35.7 Å². The number of likely N-dealkylation sites (N-methyl/N-ethyl adjacent to an activating group) is 1. The highest BCUT2D eigenvalue weighted by atomic mass is 35.5. The minimum absolute atomic E-state index is 0.138. The molecule has 0 aliphatic carbocycles. The molecule has 248 valence electrons. The molecule has 2 fully saturated rings. The zero-order valence-corrected chi connectivity index (χ0v) is 27.9. The van der Waals surface area contributed by atoms with Gasteiger partial charge in [0.1, 0.15) is 17.1 Å². The molecule has 3 aromatic rings. The highest BCUT2D eigenvalue weighted by molar-refractivity contribution is 6.41. The van der Waals surface area contributed by atoms with Crippen LogP contribution in [0.5, 0.6) is 11.5 Å². The van der Waals surface area contributed by atoms with Crippen LogP contribution < -0.4 is 25.7 Å². The third-order valence-electron chi connectivity index (χ3n) is 8.27. The third-order valence-corrected chi connectivity index (χ3v) is 9.02. The van der Waals surface area contributed by atoms with Crippen molar-refractivity contribution in [1.29, 1.82) is 0 Å². The highest BCUT2D eigenvalue weighted by Crippen LogP contribution is 2.45. The number of halogens is 2. The van der Waals surface area contributed by atoms with E-state index >= 15 is 0 Å². The van der Waals surface area contributed by atoms with Crippen LogP contribution in [0.3, 0.4) is 0 Å². The van der Waals surface area contributed by atoms with Gasteiger partial charge in [0.05, 0.1) is 55.1 Å². The number of rotatable bonds is 9. The smallest absolute Gasteiger partial charge is 0.298 e. The second kappa shape index (κ2) is 14.6. The molecule has 2 aromatic heterocycles. The summed E-state index contributed by atoms with van der Waals surface area (Å²) >= 11 is 13.5. The molecule has 1 unspecified atom stereocenters. The van der Waals surface area contributed by atoms with Crippen molar-refractivity contribution >= 4 is 52.0 Å². The fourth-order valence-corrected chi connectivity index (χ4v) is 6.37. The lowest BCUT2D eigenvalue weighted by atomic mass is 10.0. The number of benzene rings is 1. The zero-order chi connectivity index (χ0) is 33.8. The van der Waals surface area contributed by atoms with Gasteiger partial charge in [-0.2, -0.15) is 4.98 Å². The van der Waals surface area contributed by atoms with Crippen molar-refractivity contribution in [3.05, 3.63) is 51.4 Å². The molecule has 1 aromatic carbocycles. The average Bonchev–Trinajstić information content (AvgIpc) is 3.49. The fraction of sp³-hybridized carbons (Fsp3) is 0.406. The van der Waals surface area contributed by atoms with Gasteiger partial charge in [0, 0.05) is 55.4 Å². The number of pyridine rings is 1. The van der Waals surface area contributed by atoms with Crippen molar-refractivity contribution in [1.82, 2.24) is 29.7 Å². The first kappa shape index (κ1) is 34.0. The van der Waals surface area contributed by atoms with Crippen LogP contribution >= 0.6 is 23.2 Å². The lowest BCUT2D eigenvalue weighted by Gasteiger charge is -2.39. The van der Waals surface area contributed by atoms with E-state index in [1.807, 2.05) is 7.05 Å². The van der Waals surface area contributed by atoms with Gasteiger partial charge >= 0.3 is 0 Å². The van der Waals surface area contributed by atoms with Gasteiger partial charge in [-0.3, -0.25) is 23.9 Å². The Bertz CT molecular complexity index is 1810. The molecule has 4 heterocycles. The number of aromatic nitrogens is 3. The van der Waals surface area contributed by atoms with Crippen LogP contribution in [0.25, 0.3) is 22.2 Å². The Kier molecular flexibility index (Phi) is 10.6. The van der Waals surface area contributed by atoms with E-state index in [4.69, 9.17) is 42.4 Å². The third kappa shape index (κ3) is 7.01. The van der Waals surface area contributed by atoms with E-state index in [9.17, 15) is 14.4 Å². The Balaban J connectivity index is 1.64. The van der Waals surface area contributed by atoms with Crippen molar-refractivity contribution in [2.45, 2.75) is 31.6 Å². The van der Waals surface area contributed by atoms with Crippen LogP contribution in [0.4, 0.5) is 5.95 Å². The molecule has 2 aliphatic rings. The maximum absolute atomic E-state index is 14.5. The summed E-state index contributed by atoms with van der Waals surface area (Å²) in [5.74, 6) is 5.46. The summed E-state index contributed by atoms with van der Waals surface area (Å²) in [4.78, 5) is 52.2. The number of nitrogens with zero attached hydrogens (tertiary/aromatic N) is 5. The molecular weight excluding hydrogens is 649 g/mol. The summed E-state index contributed by atoms with van der Waals surface area (Å²) in [5, 5.41) is 6.89. The number of ether oxygens (including phenoxy) is 3. The van der Waals surface area contributed by atoms with E-state index in [1.54, 1.807) is 34.7 Å². The predicted octanol–water partition coefficient (Wildman–Crippen LogP) is 2.43. The molecule has 15 heteroatoms. The van der Waals surface area contributed by atoms with Gasteiger partial charge in [0.25, 0.3) is 11.5 Å². The minimum atomic E-state index is -0.424. The van der Waals surface area contributed by atoms with Crippen LogP contribution in [-0.2, 0) is 20.9 Å². The quantitative estimate of drug-likeness (QED) is 0.255. The number of carbonyl (C=O) groups excluding carboxylic acids is 2.